The highest BCUT2D eigenvalue weighted by atomic mass is 19.1. The zero-order chi connectivity index (χ0) is 18.1. The second kappa shape index (κ2) is 6.51. The van der Waals surface area contributed by atoms with Gasteiger partial charge in [0.15, 0.2) is 5.76 Å². The molecule has 5 heteroatoms. The third-order valence-electron chi connectivity index (χ3n) is 3.87. The Morgan fingerprint density at radius 1 is 1.24 bits per heavy atom. The second-order valence-electron chi connectivity index (χ2n) is 6.14. The molecule has 0 aliphatic carbocycles. The summed E-state index contributed by atoms with van der Waals surface area (Å²) in [5.41, 5.74) is 1.49. The Balaban J connectivity index is 1.93. The van der Waals surface area contributed by atoms with E-state index in [-0.39, 0.29) is 23.4 Å². The Morgan fingerprint density at radius 3 is 2.68 bits per heavy atom. The number of hydrogen-bond donors (Lipinski definition) is 0. The van der Waals surface area contributed by atoms with Crippen LogP contribution in [0.4, 0.5) is 4.39 Å². The molecule has 2 aromatic rings. The van der Waals surface area contributed by atoms with Crippen LogP contribution < -0.4 is 9.47 Å². The maximum atomic E-state index is 13.3. The van der Waals surface area contributed by atoms with Crippen LogP contribution in [0.3, 0.4) is 0 Å². The highest BCUT2D eigenvalue weighted by molar-refractivity contribution is 6.15. The fraction of sp³-hybridized carbons (Fsp3) is 0.200. The Kier molecular flexibility index (Phi) is 4.40. The zero-order valence-corrected chi connectivity index (χ0v) is 14.1. The smallest absolute Gasteiger partial charge is 0.313 e. The van der Waals surface area contributed by atoms with Gasteiger partial charge in [-0.25, -0.2) is 4.39 Å². The van der Waals surface area contributed by atoms with E-state index in [1.807, 2.05) is 0 Å². The van der Waals surface area contributed by atoms with Gasteiger partial charge in [0.25, 0.3) is 0 Å². The number of rotatable bonds is 3. The van der Waals surface area contributed by atoms with E-state index >= 15 is 0 Å². The molecule has 3 rings (SSSR count). The lowest BCUT2D eigenvalue weighted by Crippen LogP contribution is -2.15. The molecule has 1 heterocycles. The molecule has 128 valence electrons. The van der Waals surface area contributed by atoms with Crippen molar-refractivity contribution in [1.29, 1.82) is 0 Å². The number of halogens is 1. The molecule has 0 aromatic heterocycles. The number of carbonyl (C=O) groups is 2. The molecule has 0 saturated heterocycles. The molecule has 0 radical (unpaired) electrons. The van der Waals surface area contributed by atoms with Crippen molar-refractivity contribution >= 4 is 17.8 Å². The molecule has 4 nitrogen and oxygen atoms in total. The van der Waals surface area contributed by atoms with Crippen LogP contribution in [0.2, 0.25) is 0 Å². The van der Waals surface area contributed by atoms with Crippen LogP contribution in [0, 0.1) is 18.7 Å². The number of ketones is 1. The van der Waals surface area contributed by atoms with Crippen molar-refractivity contribution in [3.8, 4) is 11.5 Å². The number of ether oxygens (including phenoxy) is 2. The number of hydrogen-bond acceptors (Lipinski definition) is 4. The number of benzene rings is 2. The second-order valence-corrected chi connectivity index (χ2v) is 6.14. The molecule has 0 unspecified atom stereocenters. The maximum absolute atomic E-state index is 13.3. The van der Waals surface area contributed by atoms with Crippen molar-refractivity contribution in [3.05, 3.63) is 64.7 Å². The molecular formula is C20H17FO4. The lowest BCUT2D eigenvalue weighted by Gasteiger charge is -2.11. The molecule has 2 aromatic carbocycles. The summed E-state index contributed by atoms with van der Waals surface area (Å²) < 4.78 is 24.3. The first-order valence-corrected chi connectivity index (χ1v) is 7.92. The van der Waals surface area contributed by atoms with E-state index in [1.54, 1.807) is 45.0 Å². The highest BCUT2D eigenvalue weighted by Gasteiger charge is 2.30. The molecule has 0 saturated carbocycles. The average molecular weight is 340 g/mol. The SMILES string of the molecule is Cc1c(OC(=O)C(C)C)ccc2c1O/C(=C\c1cccc(F)c1)C2=O. The third-order valence-corrected chi connectivity index (χ3v) is 3.87. The Hall–Kier alpha value is -2.95. The molecule has 0 atom stereocenters. The van der Waals surface area contributed by atoms with E-state index in [9.17, 15) is 14.0 Å². The number of fused-ring (bicyclic) bond motifs is 1. The van der Waals surface area contributed by atoms with Crippen LogP contribution in [0.25, 0.3) is 6.08 Å². The van der Waals surface area contributed by atoms with Gasteiger partial charge in [0.05, 0.1) is 11.5 Å². The Bertz CT molecular complexity index is 897. The fourth-order valence-electron chi connectivity index (χ4n) is 2.45. The first-order chi connectivity index (χ1) is 11.9. The molecule has 25 heavy (non-hydrogen) atoms. The lowest BCUT2D eigenvalue weighted by molar-refractivity contribution is -0.137. The van der Waals surface area contributed by atoms with Gasteiger partial charge in [-0.05, 0) is 42.8 Å². The average Bonchev–Trinajstić information content (AvgIpc) is 2.87. The van der Waals surface area contributed by atoms with Gasteiger partial charge >= 0.3 is 5.97 Å². The highest BCUT2D eigenvalue weighted by Crippen LogP contribution is 2.39. The molecule has 0 N–H and O–H groups in total. The number of carbonyl (C=O) groups excluding carboxylic acids is 2. The largest absolute Gasteiger partial charge is 0.452 e. The van der Waals surface area contributed by atoms with Gasteiger partial charge in [-0.2, -0.15) is 0 Å². The monoisotopic (exact) mass is 340 g/mol. The van der Waals surface area contributed by atoms with Gasteiger partial charge < -0.3 is 9.47 Å². The fourth-order valence-corrected chi connectivity index (χ4v) is 2.45. The zero-order valence-electron chi connectivity index (χ0n) is 14.1. The maximum Gasteiger partial charge on any atom is 0.313 e. The molecule has 0 fully saturated rings. The third kappa shape index (κ3) is 3.31. The van der Waals surface area contributed by atoms with Gasteiger partial charge in [0.1, 0.15) is 17.3 Å². The normalized spacial score (nSPS) is 14.6. The van der Waals surface area contributed by atoms with E-state index in [4.69, 9.17) is 9.47 Å². The van der Waals surface area contributed by atoms with Crippen molar-refractivity contribution in [2.75, 3.05) is 0 Å². The van der Waals surface area contributed by atoms with E-state index < -0.39 is 5.82 Å². The van der Waals surface area contributed by atoms with Gasteiger partial charge in [0.2, 0.25) is 5.78 Å². The summed E-state index contributed by atoms with van der Waals surface area (Å²) >= 11 is 0. The Labute approximate surface area is 144 Å². The number of esters is 1. The minimum atomic E-state index is -0.392. The van der Waals surface area contributed by atoms with Crippen molar-refractivity contribution in [2.24, 2.45) is 5.92 Å². The minimum Gasteiger partial charge on any atom is -0.452 e. The quantitative estimate of drug-likeness (QED) is 0.475. The standard InChI is InChI=1S/C20H17FO4/c1-11(2)20(23)25-16-8-7-15-18(22)17(24-19(15)12(16)3)10-13-5-4-6-14(21)9-13/h4-11H,1-3H3/b17-10-. The van der Waals surface area contributed by atoms with Crippen LogP contribution in [-0.2, 0) is 4.79 Å². The molecule has 0 spiro atoms. The first-order valence-electron chi connectivity index (χ1n) is 7.92. The summed E-state index contributed by atoms with van der Waals surface area (Å²) in [6, 6.07) is 9.03. The van der Waals surface area contributed by atoms with E-state index in [0.29, 0.717) is 28.2 Å². The van der Waals surface area contributed by atoms with Gasteiger partial charge in [-0.3, -0.25) is 9.59 Å². The van der Waals surface area contributed by atoms with Gasteiger partial charge in [-0.15, -0.1) is 0 Å². The van der Waals surface area contributed by atoms with E-state index in [0.717, 1.165) is 0 Å². The van der Waals surface area contributed by atoms with Crippen LogP contribution in [-0.4, -0.2) is 11.8 Å². The number of Topliss-reactive ketones (excluding diaryl/α,β-unsaturated/α-hetero) is 1. The van der Waals surface area contributed by atoms with E-state index in [2.05, 4.69) is 0 Å². The lowest BCUT2D eigenvalue weighted by atomic mass is 10.1. The Morgan fingerprint density at radius 2 is 2.00 bits per heavy atom. The molecule has 0 amide bonds. The van der Waals surface area contributed by atoms with Crippen molar-refractivity contribution < 1.29 is 23.5 Å². The van der Waals surface area contributed by atoms with Crippen LogP contribution in [0.5, 0.6) is 11.5 Å². The summed E-state index contributed by atoms with van der Waals surface area (Å²) in [7, 11) is 0. The molecular weight excluding hydrogens is 323 g/mol. The summed E-state index contributed by atoms with van der Waals surface area (Å²) in [6.07, 6.45) is 1.49. The molecule has 1 aliphatic heterocycles. The molecule has 1 aliphatic rings. The van der Waals surface area contributed by atoms with Crippen LogP contribution in [0.15, 0.2) is 42.2 Å². The summed E-state index contributed by atoms with van der Waals surface area (Å²) in [6.45, 7) is 5.20. The summed E-state index contributed by atoms with van der Waals surface area (Å²) in [4.78, 5) is 24.3. The predicted octanol–water partition coefficient (Wildman–Crippen LogP) is 4.31. The van der Waals surface area contributed by atoms with Crippen LogP contribution >= 0.6 is 0 Å². The van der Waals surface area contributed by atoms with Crippen molar-refractivity contribution in [2.45, 2.75) is 20.8 Å². The summed E-state index contributed by atoms with van der Waals surface area (Å²) in [5.74, 6) is -0.475. The minimum absolute atomic E-state index is 0.107. The molecule has 0 bridgehead atoms. The van der Waals surface area contributed by atoms with Gasteiger partial charge in [-0.1, -0.05) is 26.0 Å². The van der Waals surface area contributed by atoms with E-state index in [1.165, 1.54) is 18.2 Å². The predicted molar refractivity (Wildman–Crippen MR) is 91.0 cm³/mol. The van der Waals surface area contributed by atoms with Crippen molar-refractivity contribution in [3.63, 3.8) is 0 Å². The first kappa shape index (κ1) is 16.9. The van der Waals surface area contributed by atoms with Crippen LogP contribution in [0.1, 0.15) is 35.3 Å². The summed E-state index contributed by atoms with van der Waals surface area (Å²) in [5, 5.41) is 0. The van der Waals surface area contributed by atoms with Crippen molar-refractivity contribution in [1.82, 2.24) is 0 Å². The van der Waals surface area contributed by atoms with Gasteiger partial charge in [0, 0.05) is 5.56 Å². The number of allylic oxidation sites excluding steroid dienone is 1. The topological polar surface area (TPSA) is 52.6 Å².